The molecule has 1 aromatic rings. The van der Waals surface area contributed by atoms with E-state index >= 15 is 0 Å². The maximum atomic E-state index is 12.7. The lowest BCUT2D eigenvalue weighted by atomic mass is 10.0. The monoisotopic (exact) mass is 222 g/mol. The van der Waals surface area contributed by atoms with Crippen molar-refractivity contribution in [3.8, 4) is 0 Å². The average Bonchev–Trinajstić information content (AvgIpc) is 2.30. The first kappa shape index (κ1) is 11.6. The third-order valence-corrected chi connectivity index (χ3v) is 3.20. The van der Waals surface area contributed by atoms with Crippen LogP contribution in [0.3, 0.4) is 0 Å². The van der Waals surface area contributed by atoms with Crippen molar-refractivity contribution < 1.29 is 4.39 Å². The Morgan fingerprint density at radius 3 is 2.50 bits per heavy atom. The van der Waals surface area contributed by atoms with E-state index in [4.69, 9.17) is 0 Å². The molecular weight excluding hydrogens is 203 g/mol. The zero-order chi connectivity index (χ0) is 11.4. The van der Waals surface area contributed by atoms with E-state index in [1.807, 2.05) is 12.1 Å². The molecule has 1 heterocycles. The second-order valence-electron chi connectivity index (χ2n) is 4.63. The van der Waals surface area contributed by atoms with Gasteiger partial charge in [0.15, 0.2) is 0 Å². The molecule has 16 heavy (non-hydrogen) atoms. The van der Waals surface area contributed by atoms with Crippen molar-refractivity contribution in [2.24, 2.45) is 5.92 Å². The highest BCUT2D eigenvalue weighted by Gasteiger charge is 2.14. The standard InChI is InChI=1S/C13H19FN2/c1-11-6-8-16(9-7-11)15-10-12-2-4-13(14)5-3-12/h2-5,11,15H,6-10H2,1H3. The van der Waals surface area contributed by atoms with Crippen molar-refractivity contribution in [2.75, 3.05) is 13.1 Å². The molecule has 1 aromatic carbocycles. The van der Waals surface area contributed by atoms with Gasteiger partial charge in [-0.3, -0.25) is 5.43 Å². The second-order valence-corrected chi connectivity index (χ2v) is 4.63. The maximum Gasteiger partial charge on any atom is 0.123 e. The van der Waals surface area contributed by atoms with Crippen molar-refractivity contribution in [2.45, 2.75) is 26.3 Å². The molecule has 0 spiro atoms. The molecule has 88 valence electrons. The van der Waals surface area contributed by atoms with Gasteiger partial charge in [0.25, 0.3) is 0 Å². The van der Waals surface area contributed by atoms with E-state index < -0.39 is 0 Å². The lowest BCUT2D eigenvalue weighted by Gasteiger charge is -2.30. The van der Waals surface area contributed by atoms with Crippen molar-refractivity contribution in [3.63, 3.8) is 0 Å². The summed E-state index contributed by atoms with van der Waals surface area (Å²) in [5.74, 6) is 0.680. The largest absolute Gasteiger partial charge is 0.251 e. The minimum atomic E-state index is -0.171. The SMILES string of the molecule is CC1CCN(NCc2ccc(F)cc2)CC1. The van der Waals surface area contributed by atoms with E-state index in [9.17, 15) is 4.39 Å². The Kier molecular flexibility index (Phi) is 3.91. The lowest BCUT2D eigenvalue weighted by Crippen LogP contribution is -2.42. The third kappa shape index (κ3) is 3.29. The smallest absolute Gasteiger partial charge is 0.123 e. The van der Waals surface area contributed by atoms with Crippen molar-refractivity contribution >= 4 is 0 Å². The number of benzene rings is 1. The highest BCUT2D eigenvalue weighted by atomic mass is 19.1. The molecule has 1 aliphatic heterocycles. The van der Waals surface area contributed by atoms with Crippen molar-refractivity contribution in [1.29, 1.82) is 0 Å². The van der Waals surface area contributed by atoms with E-state index in [0.29, 0.717) is 0 Å². The fourth-order valence-electron chi connectivity index (χ4n) is 1.97. The third-order valence-electron chi connectivity index (χ3n) is 3.20. The van der Waals surface area contributed by atoms with Gasteiger partial charge in [0.05, 0.1) is 0 Å². The molecule has 1 N–H and O–H groups in total. The molecule has 1 fully saturated rings. The Morgan fingerprint density at radius 2 is 1.88 bits per heavy atom. The number of hydrogen-bond donors (Lipinski definition) is 1. The first-order valence-corrected chi connectivity index (χ1v) is 5.97. The molecule has 0 atom stereocenters. The van der Waals surface area contributed by atoms with Gasteiger partial charge in [-0.2, -0.15) is 0 Å². The van der Waals surface area contributed by atoms with Crippen LogP contribution in [0, 0.1) is 11.7 Å². The summed E-state index contributed by atoms with van der Waals surface area (Å²) in [5.41, 5.74) is 4.51. The fourth-order valence-corrected chi connectivity index (χ4v) is 1.97. The second kappa shape index (κ2) is 5.41. The molecular formula is C13H19FN2. The summed E-state index contributed by atoms with van der Waals surface area (Å²) < 4.78 is 12.7. The van der Waals surface area contributed by atoms with Crippen LogP contribution in [-0.4, -0.2) is 18.1 Å². The van der Waals surface area contributed by atoms with E-state index in [0.717, 1.165) is 31.1 Å². The fraction of sp³-hybridized carbons (Fsp3) is 0.538. The summed E-state index contributed by atoms with van der Waals surface area (Å²) in [6, 6.07) is 6.67. The number of halogens is 1. The highest BCUT2D eigenvalue weighted by molar-refractivity contribution is 5.15. The summed E-state index contributed by atoms with van der Waals surface area (Å²) in [6.45, 7) is 5.32. The Balaban J connectivity index is 1.77. The summed E-state index contributed by atoms with van der Waals surface area (Å²) in [7, 11) is 0. The van der Waals surface area contributed by atoms with E-state index in [1.54, 1.807) is 0 Å². The number of rotatable bonds is 3. The van der Waals surface area contributed by atoms with Gasteiger partial charge in [-0.15, -0.1) is 0 Å². The molecule has 2 rings (SSSR count). The Bertz CT molecular complexity index is 315. The van der Waals surface area contributed by atoms with Crippen LogP contribution in [0.25, 0.3) is 0 Å². The summed E-state index contributed by atoms with van der Waals surface area (Å²) >= 11 is 0. The van der Waals surface area contributed by atoms with E-state index in [1.165, 1.54) is 25.0 Å². The zero-order valence-corrected chi connectivity index (χ0v) is 9.75. The van der Waals surface area contributed by atoms with Crippen molar-refractivity contribution in [1.82, 2.24) is 10.4 Å². The highest BCUT2D eigenvalue weighted by Crippen LogP contribution is 2.14. The average molecular weight is 222 g/mol. The Labute approximate surface area is 96.4 Å². The van der Waals surface area contributed by atoms with Crippen molar-refractivity contribution in [3.05, 3.63) is 35.6 Å². The van der Waals surface area contributed by atoms with Crippen LogP contribution < -0.4 is 5.43 Å². The number of nitrogens with zero attached hydrogens (tertiary/aromatic N) is 1. The quantitative estimate of drug-likeness (QED) is 0.845. The summed E-state index contributed by atoms with van der Waals surface area (Å²) in [4.78, 5) is 0. The van der Waals surface area contributed by atoms with Gasteiger partial charge in [-0.05, 0) is 36.5 Å². The summed E-state index contributed by atoms with van der Waals surface area (Å²) in [5, 5.41) is 2.27. The van der Waals surface area contributed by atoms with Gasteiger partial charge in [-0.1, -0.05) is 19.1 Å². The number of nitrogens with one attached hydrogen (secondary N) is 1. The number of hydrogen-bond acceptors (Lipinski definition) is 2. The minimum absolute atomic E-state index is 0.171. The molecule has 2 nitrogen and oxygen atoms in total. The maximum absolute atomic E-state index is 12.7. The number of hydrazine groups is 1. The van der Waals surface area contributed by atoms with Gasteiger partial charge < -0.3 is 0 Å². The molecule has 0 unspecified atom stereocenters. The minimum Gasteiger partial charge on any atom is -0.251 e. The topological polar surface area (TPSA) is 15.3 Å². The van der Waals surface area contributed by atoms with E-state index in [-0.39, 0.29) is 5.82 Å². The molecule has 0 saturated carbocycles. The first-order valence-electron chi connectivity index (χ1n) is 5.97. The van der Waals surface area contributed by atoms with Crippen LogP contribution in [0.1, 0.15) is 25.3 Å². The van der Waals surface area contributed by atoms with E-state index in [2.05, 4.69) is 17.4 Å². The van der Waals surface area contributed by atoms with Crippen LogP contribution in [0.15, 0.2) is 24.3 Å². The van der Waals surface area contributed by atoms with Crippen LogP contribution >= 0.6 is 0 Å². The molecule has 1 aliphatic rings. The van der Waals surface area contributed by atoms with Gasteiger partial charge in [0.2, 0.25) is 0 Å². The van der Waals surface area contributed by atoms with Gasteiger partial charge in [-0.25, -0.2) is 9.40 Å². The predicted molar refractivity (Wildman–Crippen MR) is 63.2 cm³/mol. The zero-order valence-electron chi connectivity index (χ0n) is 9.75. The summed E-state index contributed by atoms with van der Waals surface area (Å²) in [6.07, 6.45) is 2.52. The van der Waals surface area contributed by atoms with Crippen LogP contribution in [-0.2, 0) is 6.54 Å². The van der Waals surface area contributed by atoms with Crippen LogP contribution in [0.2, 0.25) is 0 Å². The first-order chi connectivity index (χ1) is 7.74. The molecule has 0 aromatic heterocycles. The molecule has 0 radical (unpaired) electrons. The number of piperidine rings is 1. The lowest BCUT2D eigenvalue weighted by molar-refractivity contribution is 0.126. The Hall–Kier alpha value is -0.930. The molecule has 3 heteroatoms. The molecule has 0 bridgehead atoms. The van der Waals surface area contributed by atoms with Crippen LogP contribution in [0.4, 0.5) is 4.39 Å². The molecule has 0 aliphatic carbocycles. The molecule has 0 amide bonds. The van der Waals surface area contributed by atoms with Gasteiger partial charge in [0.1, 0.15) is 5.82 Å². The van der Waals surface area contributed by atoms with Gasteiger partial charge in [0, 0.05) is 19.6 Å². The van der Waals surface area contributed by atoms with Crippen LogP contribution in [0.5, 0.6) is 0 Å². The predicted octanol–water partition coefficient (Wildman–Crippen LogP) is 2.56. The van der Waals surface area contributed by atoms with Gasteiger partial charge >= 0.3 is 0 Å². The normalized spacial score (nSPS) is 18.9. The molecule has 1 saturated heterocycles. The Morgan fingerprint density at radius 1 is 1.25 bits per heavy atom.